The predicted molar refractivity (Wildman–Crippen MR) is 80.3 cm³/mol. The van der Waals surface area contributed by atoms with Crippen molar-refractivity contribution >= 4 is 0 Å². The fourth-order valence-corrected chi connectivity index (χ4v) is 4.12. The van der Waals surface area contributed by atoms with Gasteiger partial charge in [-0.1, -0.05) is 20.8 Å². The summed E-state index contributed by atoms with van der Waals surface area (Å²) in [7, 11) is 0. The number of hydrogen-bond donors (Lipinski definition) is 2. The summed E-state index contributed by atoms with van der Waals surface area (Å²) in [5, 5.41) is 13.4. The van der Waals surface area contributed by atoms with E-state index in [1.54, 1.807) is 0 Å². The highest BCUT2D eigenvalue weighted by molar-refractivity contribution is 5.01. The number of aliphatic hydroxyl groups is 1. The summed E-state index contributed by atoms with van der Waals surface area (Å²) in [5.41, 5.74) is 0.00476. The van der Waals surface area contributed by atoms with Gasteiger partial charge in [0.2, 0.25) is 0 Å². The van der Waals surface area contributed by atoms with Crippen molar-refractivity contribution < 1.29 is 5.11 Å². The van der Waals surface area contributed by atoms with E-state index >= 15 is 0 Å². The van der Waals surface area contributed by atoms with Gasteiger partial charge in [0, 0.05) is 17.6 Å². The average molecular weight is 268 g/mol. The minimum absolute atomic E-state index is 0.00476. The maximum absolute atomic E-state index is 9.80. The Balaban J connectivity index is 1.96. The highest BCUT2D eigenvalue weighted by atomic mass is 16.3. The monoisotopic (exact) mass is 268 g/mol. The van der Waals surface area contributed by atoms with Crippen molar-refractivity contribution in [1.29, 1.82) is 0 Å². The molecular formula is C16H32N2O. The van der Waals surface area contributed by atoms with Crippen molar-refractivity contribution in [3.05, 3.63) is 0 Å². The average Bonchev–Trinajstić information content (AvgIpc) is 3.03. The SMILES string of the molecule is CCCNC1(CO)CCC(N2CCCC2C(C)C)C1. The number of hydrogen-bond acceptors (Lipinski definition) is 3. The van der Waals surface area contributed by atoms with Gasteiger partial charge in [-0.25, -0.2) is 0 Å². The normalized spacial score (nSPS) is 36.5. The van der Waals surface area contributed by atoms with Crippen LogP contribution in [0, 0.1) is 5.92 Å². The molecule has 3 unspecified atom stereocenters. The number of nitrogens with zero attached hydrogens (tertiary/aromatic N) is 1. The Hall–Kier alpha value is -0.120. The van der Waals surface area contributed by atoms with Crippen molar-refractivity contribution in [2.75, 3.05) is 19.7 Å². The Morgan fingerprint density at radius 3 is 2.79 bits per heavy atom. The van der Waals surface area contributed by atoms with Gasteiger partial charge in [0.15, 0.2) is 0 Å². The van der Waals surface area contributed by atoms with Crippen molar-refractivity contribution in [3.8, 4) is 0 Å². The lowest BCUT2D eigenvalue weighted by molar-refractivity contribution is 0.121. The van der Waals surface area contributed by atoms with Crippen LogP contribution in [0.25, 0.3) is 0 Å². The molecular weight excluding hydrogens is 236 g/mol. The van der Waals surface area contributed by atoms with E-state index < -0.39 is 0 Å². The molecule has 2 fully saturated rings. The second-order valence-corrected chi connectivity index (χ2v) is 6.95. The van der Waals surface area contributed by atoms with Crippen LogP contribution in [0.4, 0.5) is 0 Å². The van der Waals surface area contributed by atoms with Crippen molar-refractivity contribution in [2.45, 2.75) is 76.9 Å². The van der Waals surface area contributed by atoms with E-state index in [4.69, 9.17) is 0 Å². The van der Waals surface area contributed by atoms with E-state index in [2.05, 4.69) is 31.0 Å². The van der Waals surface area contributed by atoms with Crippen LogP contribution in [0.15, 0.2) is 0 Å². The summed E-state index contributed by atoms with van der Waals surface area (Å²) >= 11 is 0. The van der Waals surface area contributed by atoms with Gasteiger partial charge in [0.25, 0.3) is 0 Å². The molecule has 2 rings (SSSR count). The second-order valence-electron chi connectivity index (χ2n) is 6.95. The molecule has 1 aliphatic carbocycles. The molecule has 0 radical (unpaired) electrons. The molecule has 2 aliphatic rings. The molecule has 0 aromatic rings. The molecule has 0 amide bonds. The number of likely N-dealkylation sites (tertiary alicyclic amines) is 1. The zero-order chi connectivity index (χ0) is 13.9. The Kier molecular flexibility index (Phi) is 5.27. The molecule has 0 spiro atoms. The summed E-state index contributed by atoms with van der Waals surface area (Å²) in [6, 6.07) is 1.46. The highest BCUT2D eigenvalue weighted by Crippen LogP contribution is 2.37. The van der Waals surface area contributed by atoms with Gasteiger partial charge in [-0.3, -0.25) is 4.90 Å². The first-order valence-corrected chi connectivity index (χ1v) is 8.23. The van der Waals surface area contributed by atoms with Gasteiger partial charge in [-0.2, -0.15) is 0 Å². The topological polar surface area (TPSA) is 35.5 Å². The summed E-state index contributed by atoms with van der Waals surface area (Å²) < 4.78 is 0. The van der Waals surface area contributed by atoms with Crippen LogP contribution >= 0.6 is 0 Å². The molecule has 3 heteroatoms. The Morgan fingerprint density at radius 2 is 2.16 bits per heavy atom. The Bertz CT molecular complexity index is 282. The molecule has 3 atom stereocenters. The largest absolute Gasteiger partial charge is 0.394 e. The fourth-order valence-electron chi connectivity index (χ4n) is 4.12. The highest BCUT2D eigenvalue weighted by Gasteiger charge is 2.43. The Morgan fingerprint density at radius 1 is 1.37 bits per heavy atom. The van der Waals surface area contributed by atoms with Crippen LogP contribution < -0.4 is 5.32 Å². The molecule has 112 valence electrons. The minimum Gasteiger partial charge on any atom is -0.394 e. The van der Waals surface area contributed by atoms with Gasteiger partial charge >= 0.3 is 0 Å². The minimum atomic E-state index is 0.00476. The van der Waals surface area contributed by atoms with Gasteiger partial charge in [-0.15, -0.1) is 0 Å². The maximum atomic E-state index is 9.80. The molecule has 1 saturated carbocycles. The maximum Gasteiger partial charge on any atom is 0.0613 e. The number of nitrogens with one attached hydrogen (secondary N) is 1. The summed E-state index contributed by atoms with van der Waals surface area (Å²) in [4.78, 5) is 2.75. The third-order valence-corrected chi connectivity index (χ3v) is 5.22. The van der Waals surface area contributed by atoms with E-state index in [1.165, 1.54) is 25.8 Å². The van der Waals surface area contributed by atoms with E-state index in [9.17, 15) is 5.11 Å². The van der Waals surface area contributed by atoms with E-state index in [-0.39, 0.29) is 5.54 Å². The first-order valence-electron chi connectivity index (χ1n) is 8.23. The number of aliphatic hydroxyl groups excluding tert-OH is 1. The molecule has 1 heterocycles. The van der Waals surface area contributed by atoms with E-state index in [0.717, 1.165) is 37.8 Å². The lowest BCUT2D eigenvalue weighted by Gasteiger charge is -2.35. The molecule has 0 aromatic heterocycles. The number of rotatable bonds is 6. The summed E-state index contributed by atoms with van der Waals surface area (Å²) in [6.07, 6.45) is 7.38. The fraction of sp³-hybridized carbons (Fsp3) is 1.00. The summed E-state index contributed by atoms with van der Waals surface area (Å²) in [6.45, 7) is 9.49. The zero-order valence-electron chi connectivity index (χ0n) is 13.0. The van der Waals surface area contributed by atoms with Crippen LogP contribution in [0.5, 0.6) is 0 Å². The molecule has 0 bridgehead atoms. The van der Waals surface area contributed by atoms with E-state index in [0.29, 0.717) is 12.6 Å². The van der Waals surface area contributed by atoms with Crippen LogP contribution in [0.3, 0.4) is 0 Å². The molecule has 1 aliphatic heterocycles. The van der Waals surface area contributed by atoms with Crippen LogP contribution in [0.1, 0.15) is 59.3 Å². The first-order chi connectivity index (χ1) is 9.12. The van der Waals surface area contributed by atoms with Crippen molar-refractivity contribution in [2.24, 2.45) is 5.92 Å². The first kappa shape index (κ1) is 15.3. The van der Waals surface area contributed by atoms with E-state index in [1.807, 2.05) is 0 Å². The Labute approximate surface area is 118 Å². The van der Waals surface area contributed by atoms with Crippen LogP contribution in [0.2, 0.25) is 0 Å². The van der Waals surface area contributed by atoms with Crippen LogP contribution in [-0.4, -0.2) is 47.3 Å². The predicted octanol–water partition coefficient (Wildman–Crippen LogP) is 2.39. The van der Waals surface area contributed by atoms with Crippen molar-refractivity contribution in [1.82, 2.24) is 10.2 Å². The summed E-state index contributed by atoms with van der Waals surface area (Å²) in [5.74, 6) is 0.759. The third-order valence-electron chi connectivity index (χ3n) is 5.22. The molecule has 1 saturated heterocycles. The molecule has 3 nitrogen and oxygen atoms in total. The van der Waals surface area contributed by atoms with Gasteiger partial charge in [-0.05, 0) is 57.5 Å². The molecule has 19 heavy (non-hydrogen) atoms. The smallest absolute Gasteiger partial charge is 0.0613 e. The van der Waals surface area contributed by atoms with Gasteiger partial charge < -0.3 is 10.4 Å². The van der Waals surface area contributed by atoms with Crippen molar-refractivity contribution in [3.63, 3.8) is 0 Å². The molecule has 2 N–H and O–H groups in total. The third kappa shape index (κ3) is 3.32. The second kappa shape index (κ2) is 6.55. The standard InChI is InChI=1S/C16H32N2O/c1-4-9-17-16(12-19)8-7-14(11-16)18-10-5-6-15(18)13(2)3/h13-15,17,19H,4-12H2,1-3H3. The lowest BCUT2D eigenvalue weighted by Crippen LogP contribution is -2.49. The molecule has 0 aromatic carbocycles. The quantitative estimate of drug-likeness (QED) is 0.776. The van der Waals surface area contributed by atoms with Gasteiger partial charge in [0.1, 0.15) is 0 Å². The lowest BCUT2D eigenvalue weighted by atomic mass is 9.97. The zero-order valence-corrected chi connectivity index (χ0v) is 13.0. The van der Waals surface area contributed by atoms with Crippen LogP contribution in [-0.2, 0) is 0 Å². The van der Waals surface area contributed by atoms with Gasteiger partial charge in [0.05, 0.1) is 6.61 Å².